The second kappa shape index (κ2) is 7.23. The molecule has 126 valence electrons. The third kappa shape index (κ3) is 3.88. The molecule has 6 nitrogen and oxygen atoms in total. The zero-order valence-corrected chi connectivity index (χ0v) is 13.8. The zero-order chi connectivity index (χ0) is 16.2. The normalized spacial score (nSPS) is 21.6. The van der Waals surface area contributed by atoms with E-state index in [9.17, 15) is 0 Å². The van der Waals surface area contributed by atoms with Crippen LogP contribution in [0.25, 0.3) is 0 Å². The number of anilines is 1. The maximum Gasteiger partial charge on any atom is 0.150 e. The second-order valence-corrected chi connectivity index (χ2v) is 6.54. The molecular formula is C18H23N5O. The molecule has 0 unspecified atom stereocenters. The maximum absolute atomic E-state index is 5.70. The van der Waals surface area contributed by atoms with Crippen molar-refractivity contribution >= 4 is 5.82 Å². The van der Waals surface area contributed by atoms with E-state index in [4.69, 9.17) is 9.72 Å². The molecule has 2 fully saturated rings. The average Bonchev–Trinajstić information content (AvgIpc) is 3.46. The van der Waals surface area contributed by atoms with E-state index in [2.05, 4.69) is 32.3 Å². The van der Waals surface area contributed by atoms with Gasteiger partial charge in [-0.2, -0.15) is 0 Å². The molecule has 24 heavy (non-hydrogen) atoms. The van der Waals surface area contributed by atoms with Crippen molar-refractivity contribution in [3.8, 4) is 0 Å². The van der Waals surface area contributed by atoms with Crippen LogP contribution in [0.15, 0.2) is 36.8 Å². The van der Waals surface area contributed by atoms with Crippen molar-refractivity contribution in [1.29, 1.82) is 0 Å². The second-order valence-electron chi connectivity index (χ2n) is 6.54. The molecule has 1 aliphatic heterocycles. The van der Waals surface area contributed by atoms with E-state index in [-0.39, 0.29) is 6.04 Å². The van der Waals surface area contributed by atoms with Crippen LogP contribution in [0.5, 0.6) is 0 Å². The van der Waals surface area contributed by atoms with Crippen LogP contribution in [0.1, 0.15) is 30.3 Å². The van der Waals surface area contributed by atoms with Crippen molar-refractivity contribution < 1.29 is 4.74 Å². The number of hydrogen-bond donors (Lipinski definition) is 1. The summed E-state index contributed by atoms with van der Waals surface area (Å²) in [7, 11) is 0. The fraction of sp³-hybridized carbons (Fsp3) is 0.500. The molecule has 2 aromatic rings. The molecule has 6 heteroatoms. The Morgan fingerprint density at radius 1 is 1.17 bits per heavy atom. The first kappa shape index (κ1) is 15.5. The van der Waals surface area contributed by atoms with Crippen LogP contribution in [-0.2, 0) is 11.3 Å². The quantitative estimate of drug-likeness (QED) is 0.879. The number of rotatable bonds is 6. The van der Waals surface area contributed by atoms with Crippen molar-refractivity contribution in [3.05, 3.63) is 48.2 Å². The van der Waals surface area contributed by atoms with E-state index in [1.165, 1.54) is 18.4 Å². The van der Waals surface area contributed by atoms with Gasteiger partial charge in [-0.3, -0.25) is 9.88 Å². The number of aromatic nitrogens is 3. The molecule has 3 heterocycles. The van der Waals surface area contributed by atoms with Gasteiger partial charge in [0.25, 0.3) is 0 Å². The highest BCUT2D eigenvalue weighted by molar-refractivity contribution is 5.33. The van der Waals surface area contributed by atoms with Gasteiger partial charge in [-0.1, -0.05) is 0 Å². The van der Waals surface area contributed by atoms with E-state index >= 15 is 0 Å². The molecule has 2 aliphatic rings. The van der Waals surface area contributed by atoms with E-state index in [0.717, 1.165) is 43.8 Å². The Labute approximate surface area is 142 Å². The zero-order valence-electron chi connectivity index (χ0n) is 13.8. The van der Waals surface area contributed by atoms with Gasteiger partial charge in [-0.15, -0.1) is 0 Å². The van der Waals surface area contributed by atoms with Gasteiger partial charge in [0.05, 0.1) is 19.3 Å². The molecular weight excluding hydrogens is 302 g/mol. The van der Waals surface area contributed by atoms with E-state index in [1.54, 1.807) is 0 Å². The predicted octanol–water partition coefficient (Wildman–Crippen LogP) is 2.27. The van der Waals surface area contributed by atoms with Crippen LogP contribution in [0, 0.1) is 5.92 Å². The van der Waals surface area contributed by atoms with Crippen LogP contribution >= 0.6 is 0 Å². The van der Waals surface area contributed by atoms with Gasteiger partial charge in [-0.25, -0.2) is 9.97 Å². The summed E-state index contributed by atoms with van der Waals surface area (Å²) in [4.78, 5) is 15.7. The fourth-order valence-corrected chi connectivity index (χ4v) is 2.99. The molecule has 0 spiro atoms. The van der Waals surface area contributed by atoms with Crippen molar-refractivity contribution in [2.45, 2.75) is 25.4 Å². The highest BCUT2D eigenvalue weighted by Crippen LogP contribution is 2.29. The van der Waals surface area contributed by atoms with Crippen molar-refractivity contribution in [1.82, 2.24) is 19.9 Å². The first-order valence-electron chi connectivity index (χ1n) is 8.66. The molecule has 4 rings (SSSR count). The first-order chi connectivity index (χ1) is 11.9. The lowest BCUT2D eigenvalue weighted by Crippen LogP contribution is -2.39. The van der Waals surface area contributed by atoms with Crippen LogP contribution < -0.4 is 5.32 Å². The summed E-state index contributed by atoms with van der Waals surface area (Å²) >= 11 is 0. The average molecular weight is 325 g/mol. The minimum absolute atomic E-state index is 0.0922. The molecule has 1 saturated heterocycles. The third-order valence-corrected chi connectivity index (χ3v) is 4.62. The topological polar surface area (TPSA) is 63.2 Å². The molecule has 2 aromatic heterocycles. The van der Waals surface area contributed by atoms with Crippen LogP contribution in [0.4, 0.5) is 5.82 Å². The van der Waals surface area contributed by atoms with Crippen molar-refractivity contribution in [2.75, 3.05) is 31.6 Å². The Kier molecular flexibility index (Phi) is 4.66. The number of ether oxygens (including phenoxy) is 1. The largest absolute Gasteiger partial charge is 0.378 e. The fourth-order valence-electron chi connectivity index (χ4n) is 2.99. The van der Waals surface area contributed by atoms with E-state index < -0.39 is 0 Å². The van der Waals surface area contributed by atoms with Crippen molar-refractivity contribution in [3.63, 3.8) is 0 Å². The number of pyridine rings is 1. The summed E-state index contributed by atoms with van der Waals surface area (Å²) < 4.78 is 5.70. The third-order valence-electron chi connectivity index (χ3n) is 4.62. The summed E-state index contributed by atoms with van der Waals surface area (Å²) in [6.07, 6.45) is 8.19. The Balaban J connectivity index is 1.48. The highest BCUT2D eigenvalue weighted by atomic mass is 16.5. The van der Waals surface area contributed by atoms with Gasteiger partial charge in [0, 0.05) is 38.2 Å². The van der Waals surface area contributed by atoms with E-state index in [1.807, 2.05) is 24.7 Å². The Morgan fingerprint density at radius 3 is 2.88 bits per heavy atom. The lowest BCUT2D eigenvalue weighted by Gasteiger charge is -2.34. The number of morpholine rings is 1. The lowest BCUT2D eigenvalue weighted by molar-refractivity contribution is -0.0159. The predicted molar refractivity (Wildman–Crippen MR) is 91.5 cm³/mol. The lowest BCUT2D eigenvalue weighted by atomic mass is 10.1. The van der Waals surface area contributed by atoms with Gasteiger partial charge in [0.1, 0.15) is 11.6 Å². The summed E-state index contributed by atoms with van der Waals surface area (Å²) in [5.74, 6) is 2.58. The van der Waals surface area contributed by atoms with Gasteiger partial charge in [-0.05, 0) is 42.5 Å². The van der Waals surface area contributed by atoms with Gasteiger partial charge >= 0.3 is 0 Å². The van der Waals surface area contributed by atoms with E-state index in [0.29, 0.717) is 6.61 Å². The standard InChI is InChI=1S/C18H23N5O/c1-2-14(1)11-21-17-5-8-20-18(22-17)16-13-24-10-9-23(16)12-15-3-6-19-7-4-15/h3-8,14,16H,1-2,9-13H2,(H,20,21,22)/t16-/m1/s1. The summed E-state index contributed by atoms with van der Waals surface area (Å²) in [5.41, 5.74) is 1.25. The molecule has 0 radical (unpaired) electrons. The van der Waals surface area contributed by atoms with Crippen LogP contribution in [0.3, 0.4) is 0 Å². The molecule has 0 bridgehead atoms. The summed E-state index contributed by atoms with van der Waals surface area (Å²) in [6, 6.07) is 6.15. The monoisotopic (exact) mass is 325 g/mol. The van der Waals surface area contributed by atoms with Gasteiger partial charge in [0.2, 0.25) is 0 Å². The Hall–Kier alpha value is -2.05. The Morgan fingerprint density at radius 2 is 2.04 bits per heavy atom. The molecule has 1 N–H and O–H groups in total. The molecule has 1 atom stereocenters. The minimum atomic E-state index is 0.0922. The van der Waals surface area contributed by atoms with Gasteiger partial charge < -0.3 is 10.1 Å². The van der Waals surface area contributed by atoms with Crippen molar-refractivity contribution in [2.24, 2.45) is 5.92 Å². The van der Waals surface area contributed by atoms with Crippen LogP contribution in [-0.4, -0.2) is 46.2 Å². The highest BCUT2D eigenvalue weighted by Gasteiger charge is 2.27. The molecule has 0 amide bonds. The molecule has 1 aliphatic carbocycles. The summed E-state index contributed by atoms with van der Waals surface area (Å²) in [5, 5.41) is 3.43. The molecule has 0 aromatic carbocycles. The van der Waals surface area contributed by atoms with Crippen LogP contribution in [0.2, 0.25) is 0 Å². The number of hydrogen-bond acceptors (Lipinski definition) is 6. The summed E-state index contributed by atoms with van der Waals surface area (Å²) in [6.45, 7) is 4.15. The smallest absolute Gasteiger partial charge is 0.150 e. The first-order valence-corrected chi connectivity index (χ1v) is 8.66. The number of nitrogens with one attached hydrogen (secondary N) is 1. The maximum atomic E-state index is 5.70. The molecule has 1 saturated carbocycles. The Bertz CT molecular complexity index is 661. The van der Waals surface area contributed by atoms with Gasteiger partial charge in [0.15, 0.2) is 0 Å². The number of nitrogens with zero attached hydrogens (tertiary/aromatic N) is 4. The SMILES string of the molecule is c1cc(CN2CCOC[C@@H]2c2nccc(NCC3CC3)n2)ccn1. The minimum Gasteiger partial charge on any atom is -0.378 e.